The summed E-state index contributed by atoms with van der Waals surface area (Å²) in [4.78, 5) is 12.3. The topological polar surface area (TPSA) is 42.2 Å². The van der Waals surface area contributed by atoms with Crippen LogP contribution >= 0.6 is 23.2 Å². The van der Waals surface area contributed by atoms with Gasteiger partial charge in [-0.15, -0.1) is 0 Å². The van der Waals surface area contributed by atoms with Crippen molar-refractivity contribution < 1.29 is 9.21 Å². The molecule has 1 heterocycles. The number of furan rings is 1. The second-order valence-corrected chi connectivity index (χ2v) is 5.96. The lowest BCUT2D eigenvalue weighted by molar-refractivity contribution is 0.0997. The van der Waals surface area contributed by atoms with Gasteiger partial charge in [0.05, 0.1) is 5.02 Å². The second-order valence-electron chi connectivity index (χ2n) is 5.11. The van der Waals surface area contributed by atoms with Crippen molar-refractivity contribution in [1.29, 1.82) is 0 Å². The smallest absolute Gasteiger partial charge is 0.291 e. The van der Waals surface area contributed by atoms with Gasteiger partial charge in [-0.3, -0.25) is 4.79 Å². The maximum Gasteiger partial charge on any atom is 0.291 e. The molecule has 1 amide bonds. The average molecular weight is 346 g/mol. The Hall–Kier alpha value is -2.23. The summed E-state index contributed by atoms with van der Waals surface area (Å²) in [6.07, 6.45) is 0. The molecule has 116 valence electrons. The first-order valence-electron chi connectivity index (χ1n) is 6.96. The molecule has 1 aromatic heterocycles. The van der Waals surface area contributed by atoms with Crippen molar-refractivity contribution in [3.05, 3.63) is 76.0 Å². The lowest BCUT2D eigenvalue weighted by Gasteiger charge is -2.04. The van der Waals surface area contributed by atoms with E-state index in [0.29, 0.717) is 21.4 Å². The van der Waals surface area contributed by atoms with Gasteiger partial charge in [-0.25, -0.2) is 0 Å². The molecule has 0 atom stereocenters. The zero-order valence-electron chi connectivity index (χ0n) is 12.3. The molecule has 0 bridgehead atoms. The normalized spacial score (nSPS) is 10.6. The number of benzene rings is 2. The van der Waals surface area contributed by atoms with Crippen molar-refractivity contribution in [3.8, 4) is 11.3 Å². The van der Waals surface area contributed by atoms with E-state index in [9.17, 15) is 4.79 Å². The summed E-state index contributed by atoms with van der Waals surface area (Å²) in [5.41, 5.74) is 2.47. The van der Waals surface area contributed by atoms with Crippen LogP contribution in [0.1, 0.15) is 16.1 Å². The van der Waals surface area contributed by atoms with Crippen molar-refractivity contribution in [1.82, 2.24) is 0 Å². The molecule has 3 aromatic rings. The Labute approximate surface area is 143 Å². The zero-order valence-corrected chi connectivity index (χ0v) is 13.8. The third kappa shape index (κ3) is 3.58. The molecule has 2 aromatic carbocycles. The summed E-state index contributed by atoms with van der Waals surface area (Å²) in [5.74, 6) is 0.417. The summed E-state index contributed by atoms with van der Waals surface area (Å²) in [6, 6.07) is 16.0. The summed E-state index contributed by atoms with van der Waals surface area (Å²) >= 11 is 12.0. The summed E-state index contributed by atoms with van der Waals surface area (Å²) in [6.45, 7) is 1.96. The van der Waals surface area contributed by atoms with Crippen LogP contribution in [0, 0.1) is 6.92 Å². The quantitative estimate of drug-likeness (QED) is 0.650. The van der Waals surface area contributed by atoms with Crippen LogP contribution in [0.4, 0.5) is 5.69 Å². The number of nitrogens with one attached hydrogen (secondary N) is 1. The van der Waals surface area contributed by atoms with E-state index in [-0.39, 0.29) is 11.7 Å². The summed E-state index contributed by atoms with van der Waals surface area (Å²) in [5, 5.41) is 3.81. The first-order valence-corrected chi connectivity index (χ1v) is 7.72. The summed E-state index contributed by atoms with van der Waals surface area (Å²) < 4.78 is 5.62. The molecule has 0 saturated heterocycles. The molecule has 3 rings (SSSR count). The molecular formula is C18H13Cl2NO2. The van der Waals surface area contributed by atoms with Gasteiger partial charge in [-0.2, -0.15) is 0 Å². The minimum absolute atomic E-state index is 0.215. The van der Waals surface area contributed by atoms with Gasteiger partial charge in [0.15, 0.2) is 5.76 Å². The zero-order chi connectivity index (χ0) is 16.4. The van der Waals surface area contributed by atoms with Crippen LogP contribution in [-0.2, 0) is 0 Å². The summed E-state index contributed by atoms with van der Waals surface area (Å²) in [7, 11) is 0. The highest BCUT2D eigenvalue weighted by Gasteiger charge is 2.14. The van der Waals surface area contributed by atoms with E-state index in [1.54, 1.807) is 30.3 Å². The van der Waals surface area contributed by atoms with E-state index in [0.717, 1.165) is 11.3 Å². The molecule has 0 aliphatic carbocycles. The van der Waals surface area contributed by atoms with Gasteiger partial charge >= 0.3 is 0 Å². The van der Waals surface area contributed by atoms with Crippen LogP contribution < -0.4 is 5.32 Å². The van der Waals surface area contributed by atoms with Crippen molar-refractivity contribution in [2.75, 3.05) is 5.32 Å². The van der Waals surface area contributed by atoms with Gasteiger partial charge < -0.3 is 9.73 Å². The fourth-order valence-corrected chi connectivity index (χ4v) is 2.71. The highest BCUT2D eigenvalue weighted by atomic mass is 35.5. The third-order valence-electron chi connectivity index (χ3n) is 3.30. The Kier molecular flexibility index (Phi) is 4.42. The minimum atomic E-state index is -0.313. The predicted molar refractivity (Wildman–Crippen MR) is 93.3 cm³/mol. The molecule has 0 spiro atoms. The second kappa shape index (κ2) is 6.49. The van der Waals surface area contributed by atoms with Crippen molar-refractivity contribution >= 4 is 34.8 Å². The van der Waals surface area contributed by atoms with Crippen LogP contribution in [0.5, 0.6) is 0 Å². The predicted octanol–water partition coefficient (Wildman–Crippen LogP) is 5.81. The maximum atomic E-state index is 12.3. The molecule has 0 saturated carbocycles. The first kappa shape index (κ1) is 15.7. The number of rotatable bonds is 3. The Balaban J connectivity index is 1.82. The van der Waals surface area contributed by atoms with Gasteiger partial charge in [0.1, 0.15) is 5.76 Å². The van der Waals surface area contributed by atoms with Crippen molar-refractivity contribution in [2.45, 2.75) is 6.92 Å². The van der Waals surface area contributed by atoms with Crippen LogP contribution in [0.2, 0.25) is 10.0 Å². The van der Waals surface area contributed by atoms with Gasteiger partial charge in [-0.05, 0) is 55.0 Å². The van der Waals surface area contributed by atoms with E-state index in [1.807, 2.05) is 31.2 Å². The van der Waals surface area contributed by atoms with Crippen molar-refractivity contribution in [3.63, 3.8) is 0 Å². The number of carbonyl (C=O) groups excluding carboxylic acids is 1. The number of aryl methyl sites for hydroxylation is 1. The molecule has 23 heavy (non-hydrogen) atoms. The highest BCUT2D eigenvalue weighted by Crippen LogP contribution is 2.31. The van der Waals surface area contributed by atoms with E-state index >= 15 is 0 Å². The van der Waals surface area contributed by atoms with Gasteiger partial charge in [0.2, 0.25) is 0 Å². The molecule has 5 heteroatoms. The van der Waals surface area contributed by atoms with Gasteiger partial charge in [0, 0.05) is 16.3 Å². The number of hydrogen-bond acceptors (Lipinski definition) is 2. The van der Waals surface area contributed by atoms with Crippen LogP contribution in [-0.4, -0.2) is 5.91 Å². The molecular weight excluding hydrogens is 333 g/mol. The lowest BCUT2D eigenvalue weighted by atomic mass is 10.2. The van der Waals surface area contributed by atoms with Crippen LogP contribution in [0.3, 0.4) is 0 Å². The first-order chi connectivity index (χ1) is 11.0. The third-order valence-corrected chi connectivity index (χ3v) is 3.85. The number of amides is 1. The number of hydrogen-bond donors (Lipinski definition) is 1. The molecule has 1 N–H and O–H groups in total. The number of carbonyl (C=O) groups is 1. The Bertz CT molecular complexity index is 871. The van der Waals surface area contributed by atoms with E-state index < -0.39 is 0 Å². The molecule has 3 nitrogen and oxygen atoms in total. The van der Waals surface area contributed by atoms with E-state index in [2.05, 4.69) is 5.32 Å². The molecule has 0 fully saturated rings. The Morgan fingerprint density at radius 2 is 1.87 bits per heavy atom. The SMILES string of the molecule is Cc1cccc(NC(=O)c2ccc(-c3ccc(Cl)cc3Cl)o2)c1. The van der Waals surface area contributed by atoms with E-state index in [1.165, 1.54) is 0 Å². The minimum Gasteiger partial charge on any atom is -0.451 e. The Morgan fingerprint density at radius 3 is 2.61 bits per heavy atom. The monoisotopic (exact) mass is 345 g/mol. The fourth-order valence-electron chi connectivity index (χ4n) is 2.21. The van der Waals surface area contributed by atoms with Gasteiger partial charge in [-0.1, -0.05) is 35.3 Å². The van der Waals surface area contributed by atoms with Crippen LogP contribution in [0.15, 0.2) is 59.0 Å². The number of halogens is 2. The molecule has 0 aliphatic heterocycles. The maximum absolute atomic E-state index is 12.3. The average Bonchev–Trinajstić information content (AvgIpc) is 2.97. The standard InChI is InChI=1S/C18H13Cl2NO2/c1-11-3-2-4-13(9-11)21-18(22)17-8-7-16(23-17)14-6-5-12(19)10-15(14)20/h2-10H,1H3,(H,21,22). The Morgan fingerprint density at radius 1 is 1.04 bits per heavy atom. The van der Waals surface area contributed by atoms with Gasteiger partial charge in [0.25, 0.3) is 5.91 Å². The van der Waals surface area contributed by atoms with Crippen molar-refractivity contribution in [2.24, 2.45) is 0 Å². The highest BCUT2D eigenvalue weighted by molar-refractivity contribution is 6.36. The fraction of sp³-hybridized carbons (Fsp3) is 0.0556. The molecule has 0 unspecified atom stereocenters. The molecule has 0 aliphatic rings. The lowest BCUT2D eigenvalue weighted by Crippen LogP contribution is -2.10. The molecule has 0 radical (unpaired) electrons. The van der Waals surface area contributed by atoms with E-state index in [4.69, 9.17) is 27.6 Å². The largest absolute Gasteiger partial charge is 0.451 e. The van der Waals surface area contributed by atoms with Crippen LogP contribution in [0.25, 0.3) is 11.3 Å². The number of anilines is 1.